The van der Waals surface area contributed by atoms with E-state index in [1.54, 1.807) is 0 Å². The number of ether oxygens (including phenoxy) is 1. The van der Waals surface area contributed by atoms with Crippen LogP contribution in [0, 0.1) is 0 Å². The fraction of sp³-hybridized carbons (Fsp3) is 0.417. The van der Waals surface area contributed by atoms with E-state index in [4.69, 9.17) is 9.84 Å². The van der Waals surface area contributed by atoms with E-state index < -0.39 is 5.97 Å². The van der Waals surface area contributed by atoms with Crippen LogP contribution in [0.5, 0.6) is 0 Å². The standard InChI is InChI=1S/C12H13N3O3/c16-12(17)10-7-13-11-2-1-9(14-15(10)11)8-3-5-18-6-4-8/h1-2,7-8H,3-6H2,(H,16,17). The molecule has 0 aromatic carbocycles. The number of carboxylic acid groups (broad SMARTS) is 1. The smallest absolute Gasteiger partial charge is 0.356 e. The summed E-state index contributed by atoms with van der Waals surface area (Å²) in [6.07, 6.45) is 3.18. The van der Waals surface area contributed by atoms with E-state index >= 15 is 0 Å². The third-order valence-corrected chi connectivity index (χ3v) is 3.24. The summed E-state index contributed by atoms with van der Waals surface area (Å²) >= 11 is 0. The Hall–Kier alpha value is -1.95. The van der Waals surface area contributed by atoms with Crippen LogP contribution in [0.3, 0.4) is 0 Å². The Labute approximate surface area is 103 Å². The average Bonchev–Trinajstić information content (AvgIpc) is 2.82. The van der Waals surface area contributed by atoms with Gasteiger partial charge in [-0.15, -0.1) is 0 Å². The monoisotopic (exact) mass is 247 g/mol. The number of hydrogen-bond acceptors (Lipinski definition) is 4. The normalized spacial score (nSPS) is 17.1. The van der Waals surface area contributed by atoms with E-state index in [0.29, 0.717) is 11.6 Å². The van der Waals surface area contributed by atoms with Crippen molar-refractivity contribution in [3.8, 4) is 0 Å². The van der Waals surface area contributed by atoms with Gasteiger partial charge in [-0.3, -0.25) is 0 Å². The molecule has 0 aliphatic carbocycles. The molecule has 1 N–H and O–H groups in total. The van der Waals surface area contributed by atoms with E-state index in [1.807, 2.05) is 12.1 Å². The third-order valence-electron chi connectivity index (χ3n) is 3.24. The van der Waals surface area contributed by atoms with Crippen molar-refractivity contribution < 1.29 is 14.6 Å². The maximum Gasteiger partial charge on any atom is 0.356 e. The summed E-state index contributed by atoms with van der Waals surface area (Å²) < 4.78 is 6.71. The van der Waals surface area contributed by atoms with Crippen molar-refractivity contribution in [1.82, 2.24) is 14.6 Å². The van der Waals surface area contributed by atoms with Crippen molar-refractivity contribution in [2.24, 2.45) is 0 Å². The molecule has 2 aromatic heterocycles. The zero-order valence-corrected chi connectivity index (χ0v) is 9.74. The molecule has 0 unspecified atom stereocenters. The Balaban J connectivity index is 2.03. The van der Waals surface area contributed by atoms with E-state index in [-0.39, 0.29) is 5.69 Å². The predicted molar refractivity (Wildman–Crippen MR) is 62.7 cm³/mol. The van der Waals surface area contributed by atoms with Crippen LogP contribution in [0.2, 0.25) is 0 Å². The van der Waals surface area contributed by atoms with Crippen LogP contribution in [0.4, 0.5) is 0 Å². The molecule has 3 rings (SSSR count). The first-order valence-electron chi connectivity index (χ1n) is 5.91. The van der Waals surface area contributed by atoms with E-state index in [9.17, 15) is 4.79 Å². The number of nitrogens with zero attached hydrogens (tertiary/aromatic N) is 3. The van der Waals surface area contributed by atoms with Crippen LogP contribution >= 0.6 is 0 Å². The maximum absolute atomic E-state index is 11.0. The number of hydrogen-bond donors (Lipinski definition) is 1. The van der Waals surface area contributed by atoms with Crippen molar-refractivity contribution in [3.05, 3.63) is 29.7 Å². The number of aromatic carboxylic acids is 1. The van der Waals surface area contributed by atoms with Crippen molar-refractivity contribution in [2.45, 2.75) is 18.8 Å². The molecule has 1 saturated heterocycles. The van der Waals surface area contributed by atoms with Gasteiger partial charge in [0.1, 0.15) is 0 Å². The number of carboxylic acids is 1. The third kappa shape index (κ3) is 1.84. The highest BCUT2D eigenvalue weighted by Crippen LogP contribution is 2.25. The molecule has 2 aromatic rings. The molecular formula is C12H13N3O3. The van der Waals surface area contributed by atoms with Crippen LogP contribution in [0.1, 0.15) is 34.9 Å². The second kappa shape index (κ2) is 4.38. The Morgan fingerprint density at radius 2 is 2.17 bits per heavy atom. The van der Waals surface area contributed by atoms with Crippen molar-refractivity contribution in [3.63, 3.8) is 0 Å². The summed E-state index contributed by atoms with van der Waals surface area (Å²) in [6, 6.07) is 3.73. The molecule has 1 aliphatic heterocycles. The highest BCUT2D eigenvalue weighted by Gasteiger charge is 2.19. The molecule has 3 heterocycles. The van der Waals surface area contributed by atoms with Crippen molar-refractivity contribution >= 4 is 11.6 Å². The van der Waals surface area contributed by atoms with E-state index in [1.165, 1.54) is 10.7 Å². The van der Waals surface area contributed by atoms with Gasteiger partial charge < -0.3 is 9.84 Å². The zero-order chi connectivity index (χ0) is 12.5. The average molecular weight is 247 g/mol. The Morgan fingerprint density at radius 3 is 2.89 bits per heavy atom. The zero-order valence-electron chi connectivity index (χ0n) is 9.74. The fourth-order valence-electron chi connectivity index (χ4n) is 2.24. The minimum atomic E-state index is -1.01. The van der Waals surface area contributed by atoms with Crippen molar-refractivity contribution in [2.75, 3.05) is 13.2 Å². The number of aromatic nitrogens is 3. The minimum Gasteiger partial charge on any atom is -0.476 e. The van der Waals surface area contributed by atoms with Gasteiger partial charge in [0.2, 0.25) is 0 Å². The van der Waals surface area contributed by atoms with Gasteiger partial charge in [0, 0.05) is 19.1 Å². The molecule has 94 valence electrons. The van der Waals surface area contributed by atoms with Crippen LogP contribution in [0.15, 0.2) is 18.3 Å². The molecule has 0 amide bonds. The molecule has 18 heavy (non-hydrogen) atoms. The maximum atomic E-state index is 11.0. The fourth-order valence-corrected chi connectivity index (χ4v) is 2.24. The van der Waals surface area contributed by atoms with Crippen LogP contribution in [-0.4, -0.2) is 38.9 Å². The van der Waals surface area contributed by atoms with Gasteiger partial charge in [0.05, 0.1) is 11.9 Å². The Kier molecular flexibility index (Phi) is 2.71. The second-order valence-electron chi connectivity index (χ2n) is 4.36. The number of fused-ring (bicyclic) bond motifs is 1. The summed E-state index contributed by atoms with van der Waals surface area (Å²) in [7, 11) is 0. The summed E-state index contributed by atoms with van der Waals surface area (Å²) in [6.45, 7) is 1.47. The Morgan fingerprint density at radius 1 is 1.39 bits per heavy atom. The molecular weight excluding hydrogens is 234 g/mol. The van der Waals surface area contributed by atoms with Crippen LogP contribution in [0.25, 0.3) is 5.65 Å². The SMILES string of the molecule is O=C(O)c1cnc2ccc(C3CCOCC3)nn12. The lowest BCUT2D eigenvalue weighted by atomic mass is 9.96. The first kappa shape index (κ1) is 11.2. The lowest BCUT2D eigenvalue weighted by Crippen LogP contribution is -2.16. The Bertz CT molecular complexity index is 587. The van der Waals surface area contributed by atoms with Gasteiger partial charge in [-0.2, -0.15) is 5.10 Å². The molecule has 0 radical (unpaired) electrons. The summed E-state index contributed by atoms with van der Waals surface area (Å²) in [5.74, 6) is -0.675. The number of imidazole rings is 1. The van der Waals surface area contributed by atoms with Gasteiger partial charge in [0.25, 0.3) is 0 Å². The molecule has 0 spiro atoms. The highest BCUT2D eigenvalue weighted by molar-refractivity contribution is 5.86. The lowest BCUT2D eigenvalue weighted by molar-refractivity contribution is 0.0687. The number of rotatable bonds is 2. The van der Waals surface area contributed by atoms with Crippen molar-refractivity contribution in [1.29, 1.82) is 0 Å². The summed E-state index contributed by atoms with van der Waals surface area (Å²) in [4.78, 5) is 15.1. The molecule has 0 atom stereocenters. The first-order chi connectivity index (χ1) is 8.75. The van der Waals surface area contributed by atoms with Gasteiger partial charge in [-0.05, 0) is 25.0 Å². The summed E-state index contributed by atoms with van der Waals surface area (Å²) in [5.41, 5.74) is 1.56. The minimum absolute atomic E-state index is 0.0962. The quantitative estimate of drug-likeness (QED) is 0.866. The number of carbonyl (C=O) groups is 1. The van der Waals surface area contributed by atoms with Gasteiger partial charge in [-0.1, -0.05) is 0 Å². The molecule has 1 aliphatic rings. The molecule has 1 fully saturated rings. The van der Waals surface area contributed by atoms with Gasteiger partial charge in [-0.25, -0.2) is 14.3 Å². The highest BCUT2D eigenvalue weighted by atomic mass is 16.5. The van der Waals surface area contributed by atoms with E-state index in [0.717, 1.165) is 31.7 Å². The molecule has 6 nitrogen and oxygen atoms in total. The molecule has 0 saturated carbocycles. The summed E-state index contributed by atoms with van der Waals surface area (Å²) in [5, 5.41) is 13.4. The van der Waals surface area contributed by atoms with Crippen LogP contribution < -0.4 is 0 Å². The topological polar surface area (TPSA) is 76.7 Å². The first-order valence-corrected chi connectivity index (χ1v) is 5.91. The van der Waals surface area contributed by atoms with E-state index in [2.05, 4.69) is 10.1 Å². The molecule has 6 heteroatoms. The lowest BCUT2D eigenvalue weighted by Gasteiger charge is -2.21. The molecule has 0 bridgehead atoms. The largest absolute Gasteiger partial charge is 0.476 e. The predicted octanol–water partition coefficient (Wildman–Crippen LogP) is 1.32. The van der Waals surface area contributed by atoms with Crippen LogP contribution in [-0.2, 0) is 4.74 Å². The second-order valence-corrected chi connectivity index (χ2v) is 4.36. The van der Waals surface area contributed by atoms with Gasteiger partial charge >= 0.3 is 5.97 Å². The van der Waals surface area contributed by atoms with Gasteiger partial charge in [0.15, 0.2) is 11.3 Å².